The van der Waals surface area contributed by atoms with Gasteiger partial charge in [-0.3, -0.25) is 4.90 Å². The SMILES string of the molecule is CCC1(C)CN(CC2CC2)C(C)CN1. The summed E-state index contributed by atoms with van der Waals surface area (Å²) >= 11 is 0. The molecule has 82 valence electrons. The van der Waals surface area contributed by atoms with Gasteiger partial charge in [0.15, 0.2) is 0 Å². The lowest BCUT2D eigenvalue weighted by atomic mass is 9.93. The molecule has 1 N–H and O–H groups in total. The van der Waals surface area contributed by atoms with Crippen LogP contribution in [0.5, 0.6) is 0 Å². The van der Waals surface area contributed by atoms with Crippen LogP contribution >= 0.6 is 0 Å². The van der Waals surface area contributed by atoms with Crippen LogP contribution in [0.4, 0.5) is 0 Å². The second-order valence-corrected chi connectivity index (χ2v) is 5.52. The zero-order valence-corrected chi connectivity index (χ0v) is 9.84. The highest BCUT2D eigenvalue weighted by Crippen LogP contribution is 2.31. The lowest BCUT2D eigenvalue weighted by Crippen LogP contribution is -2.62. The Morgan fingerprint density at radius 1 is 1.43 bits per heavy atom. The zero-order valence-electron chi connectivity index (χ0n) is 9.84. The van der Waals surface area contributed by atoms with Crippen molar-refractivity contribution in [3.63, 3.8) is 0 Å². The first-order valence-corrected chi connectivity index (χ1v) is 6.12. The first-order chi connectivity index (χ1) is 6.63. The summed E-state index contributed by atoms with van der Waals surface area (Å²) in [5, 5.41) is 3.68. The molecule has 2 fully saturated rings. The minimum Gasteiger partial charge on any atom is -0.309 e. The minimum atomic E-state index is 0.362. The quantitative estimate of drug-likeness (QED) is 0.741. The third kappa shape index (κ3) is 2.29. The van der Waals surface area contributed by atoms with Crippen LogP contribution in [0.2, 0.25) is 0 Å². The van der Waals surface area contributed by atoms with Crippen LogP contribution in [-0.4, -0.2) is 36.1 Å². The third-order valence-corrected chi connectivity index (χ3v) is 3.97. The molecule has 0 bridgehead atoms. The van der Waals surface area contributed by atoms with Gasteiger partial charge in [-0.1, -0.05) is 6.92 Å². The molecule has 2 aliphatic rings. The topological polar surface area (TPSA) is 15.3 Å². The summed E-state index contributed by atoms with van der Waals surface area (Å²) in [7, 11) is 0. The molecular formula is C12H24N2. The maximum atomic E-state index is 3.68. The molecule has 0 radical (unpaired) electrons. The molecule has 1 saturated heterocycles. The van der Waals surface area contributed by atoms with Gasteiger partial charge in [0.1, 0.15) is 0 Å². The van der Waals surface area contributed by atoms with Gasteiger partial charge < -0.3 is 5.32 Å². The van der Waals surface area contributed by atoms with Crippen LogP contribution in [0, 0.1) is 5.92 Å². The standard InChI is InChI=1S/C12H24N2/c1-4-12(3)9-14(8-11-5-6-11)10(2)7-13-12/h10-11,13H,4-9H2,1-3H3. The van der Waals surface area contributed by atoms with E-state index in [-0.39, 0.29) is 0 Å². The molecule has 0 spiro atoms. The molecule has 2 heteroatoms. The molecule has 1 aliphatic carbocycles. The molecule has 0 amide bonds. The van der Waals surface area contributed by atoms with Crippen molar-refractivity contribution in [3.05, 3.63) is 0 Å². The average Bonchev–Trinajstić information content (AvgIpc) is 2.96. The Morgan fingerprint density at radius 3 is 2.71 bits per heavy atom. The zero-order chi connectivity index (χ0) is 10.2. The molecule has 0 aromatic heterocycles. The van der Waals surface area contributed by atoms with Gasteiger partial charge >= 0.3 is 0 Å². The van der Waals surface area contributed by atoms with Gasteiger partial charge in [-0.2, -0.15) is 0 Å². The summed E-state index contributed by atoms with van der Waals surface area (Å²) in [6, 6.07) is 0.732. The molecule has 2 unspecified atom stereocenters. The molecule has 1 saturated carbocycles. The molecule has 1 heterocycles. The number of hydrogen-bond donors (Lipinski definition) is 1. The predicted octanol–water partition coefficient (Wildman–Crippen LogP) is 1.86. The number of piperazine rings is 1. The Balaban J connectivity index is 1.91. The van der Waals surface area contributed by atoms with Crippen LogP contribution in [0.25, 0.3) is 0 Å². The first kappa shape index (κ1) is 10.4. The summed E-state index contributed by atoms with van der Waals surface area (Å²) in [5.41, 5.74) is 0.362. The first-order valence-electron chi connectivity index (χ1n) is 6.12. The summed E-state index contributed by atoms with van der Waals surface area (Å²) < 4.78 is 0. The Labute approximate surface area is 88.1 Å². The maximum Gasteiger partial charge on any atom is 0.0278 e. The van der Waals surface area contributed by atoms with E-state index in [2.05, 4.69) is 31.0 Å². The van der Waals surface area contributed by atoms with Gasteiger partial charge in [0.05, 0.1) is 0 Å². The normalized spacial score (nSPS) is 40.1. The van der Waals surface area contributed by atoms with Crippen molar-refractivity contribution in [1.29, 1.82) is 0 Å². The number of nitrogens with one attached hydrogen (secondary N) is 1. The van der Waals surface area contributed by atoms with Crippen molar-refractivity contribution in [1.82, 2.24) is 10.2 Å². The van der Waals surface area contributed by atoms with Crippen LogP contribution in [-0.2, 0) is 0 Å². The lowest BCUT2D eigenvalue weighted by molar-refractivity contribution is 0.0889. The molecular weight excluding hydrogens is 172 g/mol. The van der Waals surface area contributed by atoms with Gasteiger partial charge in [0, 0.05) is 31.2 Å². The van der Waals surface area contributed by atoms with Crippen molar-refractivity contribution in [2.45, 2.75) is 51.6 Å². The van der Waals surface area contributed by atoms with E-state index in [1.54, 1.807) is 0 Å². The molecule has 0 aromatic rings. The van der Waals surface area contributed by atoms with Crippen molar-refractivity contribution in [2.24, 2.45) is 5.92 Å². The largest absolute Gasteiger partial charge is 0.309 e. The second-order valence-electron chi connectivity index (χ2n) is 5.52. The Morgan fingerprint density at radius 2 is 2.14 bits per heavy atom. The summed E-state index contributed by atoms with van der Waals surface area (Å²) in [6.07, 6.45) is 4.18. The Kier molecular flexibility index (Phi) is 2.85. The minimum absolute atomic E-state index is 0.362. The lowest BCUT2D eigenvalue weighted by Gasteiger charge is -2.45. The van der Waals surface area contributed by atoms with Crippen LogP contribution < -0.4 is 5.32 Å². The van der Waals surface area contributed by atoms with E-state index in [4.69, 9.17) is 0 Å². The number of nitrogens with zero attached hydrogens (tertiary/aromatic N) is 1. The highest BCUT2D eigenvalue weighted by atomic mass is 15.2. The van der Waals surface area contributed by atoms with E-state index in [0.717, 1.165) is 18.5 Å². The van der Waals surface area contributed by atoms with E-state index < -0.39 is 0 Å². The van der Waals surface area contributed by atoms with Gasteiger partial charge in [-0.15, -0.1) is 0 Å². The van der Waals surface area contributed by atoms with E-state index >= 15 is 0 Å². The van der Waals surface area contributed by atoms with E-state index in [0.29, 0.717) is 5.54 Å². The highest BCUT2D eigenvalue weighted by Gasteiger charge is 2.35. The molecule has 1 aliphatic heterocycles. The smallest absolute Gasteiger partial charge is 0.0278 e. The Hall–Kier alpha value is -0.0800. The van der Waals surface area contributed by atoms with Gasteiger partial charge in [0.25, 0.3) is 0 Å². The number of rotatable bonds is 3. The summed E-state index contributed by atoms with van der Waals surface area (Å²) in [6.45, 7) is 10.7. The van der Waals surface area contributed by atoms with Gasteiger partial charge in [-0.05, 0) is 39.0 Å². The highest BCUT2D eigenvalue weighted by molar-refractivity contribution is 4.94. The fourth-order valence-electron chi connectivity index (χ4n) is 2.30. The second kappa shape index (κ2) is 3.82. The van der Waals surface area contributed by atoms with E-state index in [1.807, 2.05) is 0 Å². The van der Waals surface area contributed by atoms with Gasteiger partial charge in [0.2, 0.25) is 0 Å². The average molecular weight is 196 g/mol. The molecule has 2 rings (SSSR count). The predicted molar refractivity (Wildman–Crippen MR) is 60.5 cm³/mol. The third-order valence-electron chi connectivity index (χ3n) is 3.97. The van der Waals surface area contributed by atoms with Crippen molar-refractivity contribution in [3.8, 4) is 0 Å². The maximum absolute atomic E-state index is 3.68. The van der Waals surface area contributed by atoms with Gasteiger partial charge in [-0.25, -0.2) is 0 Å². The number of hydrogen-bond acceptors (Lipinski definition) is 2. The fourth-order valence-corrected chi connectivity index (χ4v) is 2.30. The van der Waals surface area contributed by atoms with E-state index in [1.165, 1.54) is 32.4 Å². The van der Waals surface area contributed by atoms with Crippen LogP contribution in [0.3, 0.4) is 0 Å². The fraction of sp³-hybridized carbons (Fsp3) is 1.00. The van der Waals surface area contributed by atoms with E-state index in [9.17, 15) is 0 Å². The van der Waals surface area contributed by atoms with Crippen LogP contribution in [0.15, 0.2) is 0 Å². The molecule has 2 nitrogen and oxygen atoms in total. The van der Waals surface area contributed by atoms with Crippen molar-refractivity contribution >= 4 is 0 Å². The summed E-state index contributed by atoms with van der Waals surface area (Å²) in [5.74, 6) is 1.02. The van der Waals surface area contributed by atoms with Crippen molar-refractivity contribution in [2.75, 3.05) is 19.6 Å². The van der Waals surface area contributed by atoms with Crippen LogP contribution in [0.1, 0.15) is 40.0 Å². The summed E-state index contributed by atoms with van der Waals surface area (Å²) in [4.78, 5) is 2.69. The monoisotopic (exact) mass is 196 g/mol. The molecule has 0 aromatic carbocycles. The van der Waals surface area contributed by atoms with Crippen molar-refractivity contribution < 1.29 is 0 Å². The molecule has 14 heavy (non-hydrogen) atoms. The molecule has 2 atom stereocenters. The Bertz CT molecular complexity index is 200.